The van der Waals surface area contributed by atoms with Crippen molar-refractivity contribution in [2.24, 2.45) is 0 Å². The zero-order valence-corrected chi connectivity index (χ0v) is 15.2. The standard InChI is InChI=1S/C19H21N3O3S/c20-16-17-6-8-19(9-7-17)26(23,24)22-12-10-21(11-13-22)14-15-25-18-4-2-1-3-5-18/h1-9H,10-15H2. The van der Waals surface area contributed by atoms with Crippen LogP contribution in [0.4, 0.5) is 0 Å². The molecule has 0 N–H and O–H groups in total. The van der Waals surface area contributed by atoms with E-state index in [9.17, 15) is 8.42 Å². The van der Waals surface area contributed by atoms with Gasteiger partial charge in [0.25, 0.3) is 0 Å². The van der Waals surface area contributed by atoms with Gasteiger partial charge in [-0.1, -0.05) is 18.2 Å². The lowest BCUT2D eigenvalue weighted by molar-refractivity contribution is 0.159. The van der Waals surface area contributed by atoms with Crippen molar-refractivity contribution in [1.29, 1.82) is 5.26 Å². The number of ether oxygens (including phenoxy) is 1. The highest BCUT2D eigenvalue weighted by Crippen LogP contribution is 2.18. The van der Waals surface area contributed by atoms with Gasteiger partial charge in [0.2, 0.25) is 10.0 Å². The van der Waals surface area contributed by atoms with Crippen LogP contribution in [0.25, 0.3) is 0 Å². The molecule has 2 aromatic rings. The molecule has 0 aliphatic carbocycles. The molecular formula is C19H21N3O3S. The summed E-state index contributed by atoms with van der Waals surface area (Å²) in [6.07, 6.45) is 0. The Morgan fingerprint density at radius 3 is 2.23 bits per heavy atom. The van der Waals surface area contributed by atoms with Gasteiger partial charge in [-0.25, -0.2) is 8.42 Å². The SMILES string of the molecule is N#Cc1ccc(S(=O)(=O)N2CCN(CCOc3ccccc3)CC2)cc1. The average molecular weight is 371 g/mol. The van der Waals surface area contributed by atoms with E-state index in [4.69, 9.17) is 10.00 Å². The van der Waals surface area contributed by atoms with E-state index in [1.807, 2.05) is 36.4 Å². The lowest BCUT2D eigenvalue weighted by Crippen LogP contribution is -2.49. The quantitative estimate of drug-likeness (QED) is 0.776. The Bertz CT molecular complexity index is 853. The molecule has 1 aliphatic heterocycles. The Morgan fingerprint density at radius 1 is 0.962 bits per heavy atom. The topological polar surface area (TPSA) is 73.6 Å². The first-order valence-corrected chi connectivity index (χ1v) is 9.94. The summed E-state index contributed by atoms with van der Waals surface area (Å²) in [6, 6.07) is 17.7. The second-order valence-corrected chi connectivity index (χ2v) is 7.98. The molecule has 0 atom stereocenters. The Hall–Kier alpha value is -2.40. The van der Waals surface area contributed by atoms with E-state index in [-0.39, 0.29) is 4.90 Å². The van der Waals surface area contributed by atoms with Crippen molar-refractivity contribution in [3.63, 3.8) is 0 Å². The molecule has 6 nitrogen and oxygen atoms in total. The van der Waals surface area contributed by atoms with Crippen LogP contribution in [0.2, 0.25) is 0 Å². The van der Waals surface area contributed by atoms with E-state index >= 15 is 0 Å². The number of hydrogen-bond donors (Lipinski definition) is 0. The number of benzene rings is 2. The number of sulfonamides is 1. The van der Waals surface area contributed by atoms with Crippen LogP contribution in [-0.4, -0.2) is 57.0 Å². The summed E-state index contributed by atoms with van der Waals surface area (Å²) >= 11 is 0. The van der Waals surface area contributed by atoms with Gasteiger partial charge in [0.1, 0.15) is 12.4 Å². The fourth-order valence-electron chi connectivity index (χ4n) is 2.85. The van der Waals surface area contributed by atoms with Crippen molar-refractivity contribution in [1.82, 2.24) is 9.21 Å². The van der Waals surface area contributed by atoms with Crippen molar-refractivity contribution in [3.8, 4) is 11.8 Å². The highest BCUT2D eigenvalue weighted by Gasteiger charge is 2.28. The van der Waals surface area contributed by atoms with Crippen LogP contribution in [0.3, 0.4) is 0 Å². The minimum atomic E-state index is -3.51. The van der Waals surface area contributed by atoms with Gasteiger partial charge in [0.15, 0.2) is 0 Å². The van der Waals surface area contributed by atoms with E-state index in [0.717, 1.165) is 12.3 Å². The maximum atomic E-state index is 12.7. The molecule has 0 unspecified atom stereocenters. The van der Waals surface area contributed by atoms with E-state index in [2.05, 4.69) is 4.90 Å². The van der Waals surface area contributed by atoms with Gasteiger partial charge in [0, 0.05) is 32.7 Å². The van der Waals surface area contributed by atoms with Crippen LogP contribution in [0, 0.1) is 11.3 Å². The van der Waals surface area contributed by atoms with E-state index < -0.39 is 10.0 Å². The molecule has 1 saturated heterocycles. The monoisotopic (exact) mass is 371 g/mol. The number of para-hydroxylation sites is 1. The minimum absolute atomic E-state index is 0.234. The summed E-state index contributed by atoms with van der Waals surface area (Å²) in [5.41, 5.74) is 0.451. The van der Waals surface area contributed by atoms with Crippen molar-refractivity contribution in [2.45, 2.75) is 4.90 Å². The number of rotatable bonds is 6. The van der Waals surface area contributed by atoms with Crippen LogP contribution in [0.15, 0.2) is 59.5 Å². The van der Waals surface area contributed by atoms with Crippen LogP contribution in [0.1, 0.15) is 5.56 Å². The molecule has 3 rings (SSSR count). The second kappa shape index (κ2) is 8.32. The molecule has 0 amide bonds. The summed E-state index contributed by atoms with van der Waals surface area (Å²) in [4.78, 5) is 2.44. The highest BCUT2D eigenvalue weighted by molar-refractivity contribution is 7.89. The predicted octanol–water partition coefficient (Wildman–Crippen LogP) is 1.94. The van der Waals surface area contributed by atoms with Crippen LogP contribution < -0.4 is 4.74 Å². The lowest BCUT2D eigenvalue weighted by Gasteiger charge is -2.33. The van der Waals surface area contributed by atoms with Crippen LogP contribution >= 0.6 is 0 Å². The average Bonchev–Trinajstić information content (AvgIpc) is 2.69. The third-order valence-electron chi connectivity index (χ3n) is 4.37. The first-order chi connectivity index (χ1) is 12.6. The summed E-state index contributed by atoms with van der Waals surface area (Å²) < 4.78 is 32.6. The molecule has 1 aliphatic rings. The Balaban J connectivity index is 1.50. The van der Waals surface area contributed by atoms with E-state index in [1.54, 1.807) is 0 Å². The first kappa shape index (κ1) is 18.4. The molecule has 0 spiro atoms. The summed E-state index contributed by atoms with van der Waals surface area (Å²) in [7, 11) is -3.51. The van der Waals surface area contributed by atoms with Gasteiger partial charge in [-0.3, -0.25) is 4.90 Å². The molecule has 7 heteroatoms. The molecule has 1 fully saturated rings. The molecular weight excluding hydrogens is 350 g/mol. The number of piperazine rings is 1. The smallest absolute Gasteiger partial charge is 0.243 e. The van der Waals surface area contributed by atoms with Gasteiger partial charge < -0.3 is 4.74 Å². The predicted molar refractivity (Wildman–Crippen MR) is 98.3 cm³/mol. The molecule has 1 heterocycles. The first-order valence-electron chi connectivity index (χ1n) is 8.50. The molecule has 0 saturated carbocycles. The third-order valence-corrected chi connectivity index (χ3v) is 6.28. The Kier molecular flexibility index (Phi) is 5.89. The highest BCUT2D eigenvalue weighted by atomic mass is 32.2. The molecule has 0 radical (unpaired) electrons. The number of nitrogens with zero attached hydrogens (tertiary/aromatic N) is 3. The molecule has 2 aromatic carbocycles. The third kappa shape index (κ3) is 4.41. The van der Waals surface area contributed by atoms with Crippen LogP contribution in [0.5, 0.6) is 5.75 Å². The zero-order valence-electron chi connectivity index (χ0n) is 14.4. The van der Waals surface area contributed by atoms with Crippen molar-refractivity contribution in [3.05, 3.63) is 60.2 Å². The number of hydrogen-bond acceptors (Lipinski definition) is 5. The van der Waals surface area contributed by atoms with Crippen molar-refractivity contribution < 1.29 is 13.2 Å². The van der Waals surface area contributed by atoms with Crippen LogP contribution in [-0.2, 0) is 10.0 Å². The summed E-state index contributed by atoms with van der Waals surface area (Å²) in [5.74, 6) is 0.842. The second-order valence-electron chi connectivity index (χ2n) is 6.04. The maximum absolute atomic E-state index is 12.7. The molecule has 0 aromatic heterocycles. The molecule has 26 heavy (non-hydrogen) atoms. The lowest BCUT2D eigenvalue weighted by atomic mass is 10.2. The number of nitriles is 1. The van der Waals surface area contributed by atoms with Gasteiger partial charge in [-0.15, -0.1) is 0 Å². The van der Waals surface area contributed by atoms with Crippen molar-refractivity contribution >= 4 is 10.0 Å². The molecule has 136 valence electrons. The Morgan fingerprint density at radius 2 is 1.62 bits per heavy atom. The van der Waals surface area contributed by atoms with Crippen molar-refractivity contribution in [2.75, 3.05) is 39.3 Å². The van der Waals surface area contributed by atoms with Gasteiger partial charge >= 0.3 is 0 Å². The van der Waals surface area contributed by atoms with E-state index in [1.165, 1.54) is 28.6 Å². The Labute approximate surface area is 154 Å². The fourth-order valence-corrected chi connectivity index (χ4v) is 4.28. The normalized spacial score (nSPS) is 16.1. The minimum Gasteiger partial charge on any atom is -0.492 e. The largest absolute Gasteiger partial charge is 0.492 e. The van der Waals surface area contributed by atoms with Gasteiger partial charge in [-0.05, 0) is 36.4 Å². The molecule has 0 bridgehead atoms. The zero-order chi connectivity index (χ0) is 18.4. The van der Waals surface area contributed by atoms with E-state index in [0.29, 0.717) is 38.3 Å². The summed E-state index contributed by atoms with van der Waals surface area (Å²) in [5, 5.41) is 8.83. The fraction of sp³-hybridized carbons (Fsp3) is 0.316. The summed E-state index contributed by atoms with van der Waals surface area (Å²) in [6.45, 7) is 3.59. The van der Waals surface area contributed by atoms with Gasteiger partial charge in [0.05, 0.1) is 16.5 Å². The van der Waals surface area contributed by atoms with Gasteiger partial charge in [-0.2, -0.15) is 9.57 Å². The maximum Gasteiger partial charge on any atom is 0.243 e.